The Labute approximate surface area is 131 Å². The molecule has 0 saturated carbocycles. The SMILES string of the molecule is Cc1cc(F)c(S(=O)(=O)NC(=O)Cc2c(C)noc2C)cc1F. The van der Waals surface area contributed by atoms with E-state index in [0.717, 1.165) is 6.07 Å². The number of rotatable bonds is 4. The molecular weight excluding hydrogens is 330 g/mol. The van der Waals surface area contributed by atoms with Crippen molar-refractivity contribution in [2.24, 2.45) is 0 Å². The predicted octanol–water partition coefficient (Wildman–Crippen LogP) is 1.93. The van der Waals surface area contributed by atoms with Crippen LogP contribution in [0.2, 0.25) is 0 Å². The molecule has 0 bridgehead atoms. The summed E-state index contributed by atoms with van der Waals surface area (Å²) in [6, 6.07) is 1.29. The van der Waals surface area contributed by atoms with Gasteiger partial charge in [-0.05, 0) is 38.5 Å². The number of carbonyl (C=O) groups is 1. The van der Waals surface area contributed by atoms with Gasteiger partial charge in [-0.1, -0.05) is 5.16 Å². The van der Waals surface area contributed by atoms with Crippen molar-refractivity contribution in [3.05, 3.63) is 46.3 Å². The number of nitrogens with zero attached hydrogens (tertiary/aromatic N) is 1. The number of hydrogen-bond donors (Lipinski definition) is 1. The molecule has 1 N–H and O–H groups in total. The Morgan fingerprint density at radius 1 is 1.22 bits per heavy atom. The standard InChI is InChI=1S/C14H14F2N2O4S/c1-7-4-12(16)13(6-11(7)15)23(20,21)18-14(19)5-10-8(2)17-22-9(10)3/h4,6H,5H2,1-3H3,(H,18,19). The summed E-state index contributed by atoms with van der Waals surface area (Å²) in [6.07, 6.45) is -0.309. The molecular formula is C14H14F2N2O4S. The number of carbonyl (C=O) groups excluding carboxylic acids is 1. The van der Waals surface area contributed by atoms with E-state index in [0.29, 0.717) is 23.1 Å². The molecule has 23 heavy (non-hydrogen) atoms. The lowest BCUT2D eigenvalue weighted by Crippen LogP contribution is -2.32. The molecule has 0 aliphatic rings. The topological polar surface area (TPSA) is 89.3 Å². The molecule has 0 aliphatic heterocycles. The highest BCUT2D eigenvalue weighted by molar-refractivity contribution is 7.90. The minimum atomic E-state index is -4.52. The first-order valence-electron chi connectivity index (χ1n) is 6.55. The van der Waals surface area contributed by atoms with Crippen molar-refractivity contribution in [2.45, 2.75) is 32.1 Å². The van der Waals surface area contributed by atoms with Gasteiger partial charge in [0.25, 0.3) is 10.0 Å². The van der Waals surface area contributed by atoms with Crippen LogP contribution in [-0.2, 0) is 21.2 Å². The summed E-state index contributed by atoms with van der Waals surface area (Å²) >= 11 is 0. The first kappa shape index (κ1) is 17.1. The van der Waals surface area contributed by atoms with Crippen LogP contribution >= 0.6 is 0 Å². The van der Waals surface area contributed by atoms with Crippen molar-refractivity contribution in [2.75, 3.05) is 0 Å². The summed E-state index contributed by atoms with van der Waals surface area (Å²) in [5, 5.41) is 3.65. The Morgan fingerprint density at radius 3 is 2.43 bits per heavy atom. The Balaban J connectivity index is 2.25. The fourth-order valence-electron chi connectivity index (χ4n) is 1.99. The van der Waals surface area contributed by atoms with Gasteiger partial charge < -0.3 is 4.52 Å². The van der Waals surface area contributed by atoms with Crippen LogP contribution in [0.15, 0.2) is 21.6 Å². The number of benzene rings is 1. The lowest BCUT2D eigenvalue weighted by atomic mass is 10.1. The Morgan fingerprint density at radius 2 is 1.87 bits per heavy atom. The molecule has 0 aliphatic carbocycles. The zero-order valence-corrected chi connectivity index (χ0v) is 13.4. The highest BCUT2D eigenvalue weighted by atomic mass is 32.2. The van der Waals surface area contributed by atoms with Crippen molar-refractivity contribution in [1.29, 1.82) is 0 Å². The number of hydrogen-bond acceptors (Lipinski definition) is 5. The lowest BCUT2D eigenvalue weighted by molar-refractivity contribution is -0.118. The van der Waals surface area contributed by atoms with Crippen LogP contribution in [0.3, 0.4) is 0 Å². The molecule has 0 fully saturated rings. The van der Waals surface area contributed by atoms with Crippen LogP contribution in [-0.4, -0.2) is 19.5 Å². The van der Waals surface area contributed by atoms with Crippen LogP contribution in [0.5, 0.6) is 0 Å². The van der Waals surface area contributed by atoms with Gasteiger partial charge in [-0.3, -0.25) is 4.79 Å². The van der Waals surface area contributed by atoms with E-state index in [1.165, 1.54) is 6.92 Å². The number of amides is 1. The van der Waals surface area contributed by atoms with Gasteiger partial charge in [0.05, 0.1) is 12.1 Å². The van der Waals surface area contributed by atoms with Crippen LogP contribution in [0.25, 0.3) is 0 Å². The highest BCUT2D eigenvalue weighted by Gasteiger charge is 2.24. The molecule has 2 aromatic rings. The van der Waals surface area contributed by atoms with Crippen molar-refractivity contribution in [3.8, 4) is 0 Å². The molecule has 0 saturated heterocycles. The Hall–Kier alpha value is -2.29. The van der Waals surface area contributed by atoms with E-state index in [9.17, 15) is 22.0 Å². The van der Waals surface area contributed by atoms with E-state index >= 15 is 0 Å². The lowest BCUT2D eigenvalue weighted by Gasteiger charge is -2.09. The molecule has 9 heteroatoms. The van der Waals surface area contributed by atoms with Gasteiger partial charge in [0, 0.05) is 5.56 Å². The zero-order chi connectivity index (χ0) is 17.4. The van der Waals surface area contributed by atoms with Gasteiger partial charge in [-0.25, -0.2) is 21.9 Å². The van der Waals surface area contributed by atoms with Crippen molar-refractivity contribution in [3.63, 3.8) is 0 Å². The third kappa shape index (κ3) is 3.55. The first-order chi connectivity index (χ1) is 10.6. The number of nitrogens with one attached hydrogen (secondary N) is 1. The fraction of sp³-hybridized carbons (Fsp3) is 0.286. The number of aromatic nitrogens is 1. The van der Waals surface area contributed by atoms with Gasteiger partial charge in [0.15, 0.2) is 0 Å². The maximum atomic E-state index is 13.8. The molecule has 0 unspecified atom stereocenters. The molecule has 2 rings (SSSR count). The van der Waals surface area contributed by atoms with Crippen LogP contribution in [0, 0.1) is 32.4 Å². The highest BCUT2D eigenvalue weighted by Crippen LogP contribution is 2.19. The quantitative estimate of drug-likeness (QED) is 0.915. The molecule has 1 heterocycles. The molecule has 1 aromatic carbocycles. The van der Waals surface area contributed by atoms with Gasteiger partial charge in [-0.15, -0.1) is 0 Å². The Bertz CT molecular complexity index is 856. The van der Waals surface area contributed by atoms with Crippen molar-refractivity contribution < 1.29 is 26.5 Å². The van der Waals surface area contributed by atoms with E-state index in [1.54, 1.807) is 18.6 Å². The minimum absolute atomic E-state index is 0.0384. The van der Waals surface area contributed by atoms with Gasteiger partial charge in [0.1, 0.15) is 22.3 Å². The third-order valence-electron chi connectivity index (χ3n) is 3.27. The monoisotopic (exact) mass is 344 g/mol. The average Bonchev–Trinajstić information content (AvgIpc) is 2.74. The van der Waals surface area contributed by atoms with Gasteiger partial charge in [-0.2, -0.15) is 0 Å². The minimum Gasteiger partial charge on any atom is -0.361 e. The van der Waals surface area contributed by atoms with E-state index in [4.69, 9.17) is 4.52 Å². The molecule has 0 spiro atoms. The summed E-state index contributed by atoms with van der Waals surface area (Å²) < 4.78 is 57.9. The van der Waals surface area contributed by atoms with Crippen LogP contribution < -0.4 is 4.72 Å². The number of aryl methyl sites for hydroxylation is 3. The number of sulfonamides is 1. The summed E-state index contributed by atoms with van der Waals surface area (Å²) in [5.74, 6) is -2.55. The van der Waals surface area contributed by atoms with Crippen molar-refractivity contribution in [1.82, 2.24) is 9.88 Å². The first-order valence-corrected chi connectivity index (χ1v) is 8.03. The average molecular weight is 344 g/mol. The second kappa shape index (κ2) is 6.07. The smallest absolute Gasteiger partial charge is 0.267 e. The van der Waals surface area contributed by atoms with Crippen LogP contribution in [0.4, 0.5) is 8.78 Å². The molecule has 0 radical (unpaired) electrons. The summed E-state index contributed by atoms with van der Waals surface area (Å²) in [6.45, 7) is 4.47. The predicted molar refractivity (Wildman–Crippen MR) is 76.1 cm³/mol. The largest absolute Gasteiger partial charge is 0.361 e. The molecule has 1 aromatic heterocycles. The molecule has 1 amide bonds. The Kier molecular flexibility index (Phi) is 4.51. The van der Waals surface area contributed by atoms with Crippen LogP contribution in [0.1, 0.15) is 22.6 Å². The summed E-state index contributed by atoms with van der Waals surface area (Å²) in [4.78, 5) is 11.0. The van der Waals surface area contributed by atoms with Gasteiger partial charge in [0.2, 0.25) is 5.91 Å². The molecule has 6 nitrogen and oxygen atoms in total. The maximum Gasteiger partial charge on any atom is 0.267 e. The van der Waals surface area contributed by atoms with E-state index in [-0.39, 0.29) is 12.0 Å². The normalized spacial score (nSPS) is 11.5. The summed E-state index contributed by atoms with van der Waals surface area (Å²) in [7, 11) is -4.52. The maximum absolute atomic E-state index is 13.8. The van der Waals surface area contributed by atoms with Gasteiger partial charge >= 0.3 is 0 Å². The van der Waals surface area contributed by atoms with E-state index < -0.39 is 32.5 Å². The molecule has 124 valence electrons. The third-order valence-corrected chi connectivity index (χ3v) is 4.66. The second-order valence-corrected chi connectivity index (χ2v) is 6.69. The number of halogens is 2. The van der Waals surface area contributed by atoms with E-state index in [2.05, 4.69) is 5.16 Å². The molecule has 0 atom stereocenters. The van der Waals surface area contributed by atoms with E-state index in [1.807, 2.05) is 0 Å². The van der Waals surface area contributed by atoms with Crippen molar-refractivity contribution >= 4 is 15.9 Å². The second-order valence-electron chi connectivity index (χ2n) is 5.04. The summed E-state index contributed by atoms with van der Waals surface area (Å²) in [5.41, 5.74) is 0.847. The zero-order valence-electron chi connectivity index (χ0n) is 12.6. The fourth-order valence-corrected chi connectivity index (χ4v) is 3.05.